The first-order valence-electron chi connectivity index (χ1n) is 19.8. The van der Waals surface area contributed by atoms with Crippen molar-refractivity contribution in [2.75, 3.05) is 13.1 Å². The highest BCUT2D eigenvalue weighted by molar-refractivity contribution is 7.12. The van der Waals surface area contributed by atoms with E-state index >= 15 is 4.79 Å². The average Bonchev–Trinajstić information content (AvgIpc) is 3.60. The summed E-state index contributed by atoms with van der Waals surface area (Å²) in [5.41, 5.74) is 0.431. The molecular formula is C41H59N5O6S. The van der Waals surface area contributed by atoms with Crippen molar-refractivity contribution in [1.29, 1.82) is 0 Å². The van der Waals surface area contributed by atoms with Crippen LogP contribution in [0.2, 0.25) is 0 Å². The van der Waals surface area contributed by atoms with Gasteiger partial charge in [-0.05, 0) is 81.1 Å². The molecule has 1 aromatic heterocycles. The third-order valence-corrected chi connectivity index (χ3v) is 12.6. The SMILES string of the molecule is C=CCNC(=O)C(=O)C(CC1CC1)NC(=O)[C@@H]1[C@@H](C=C(C)C)CCN1C(=O)[C@@H](NC(=O)[C@@H](NC(=O)c1cccs1)C1CCCCC1)C1(C)CCCCC1. The van der Waals surface area contributed by atoms with Gasteiger partial charge in [0.05, 0.1) is 10.9 Å². The summed E-state index contributed by atoms with van der Waals surface area (Å²) in [6.45, 7) is 9.98. The van der Waals surface area contributed by atoms with Gasteiger partial charge in [0.1, 0.15) is 18.1 Å². The second kappa shape index (κ2) is 18.5. The molecular weight excluding hydrogens is 691 g/mol. The summed E-state index contributed by atoms with van der Waals surface area (Å²) < 4.78 is 0. The van der Waals surface area contributed by atoms with Crippen molar-refractivity contribution in [3.63, 3.8) is 0 Å². The Kier molecular flexibility index (Phi) is 14.1. The number of carbonyl (C=O) groups is 6. The minimum absolute atomic E-state index is 0.0560. The molecule has 12 heteroatoms. The van der Waals surface area contributed by atoms with E-state index in [1.54, 1.807) is 17.0 Å². The Morgan fingerprint density at radius 2 is 1.64 bits per heavy atom. The van der Waals surface area contributed by atoms with Gasteiger partial charge in [0.15, 0.2) is 0 Å². The maximum atomic E-state index is 15.1. The fraction of sp³-hybridized carbons (Fsp3) is 0.659. The summed E-state index contributed by atoms with van der Waals surface area (Å²) in [6, 6.07) is -0.120. The molecule has 3 saturated carbocycles. The number of amides is 5. The monoisotopic (exact) mass is 749 g/mol. The Bertz CT molecular complexity index is 1520. The van der Waals surface area contributed by atoms with Gasteiger partial charge in [0.2, 0.25) is 23.5 Å². The van der Waals surface area contributed by atoms with Crippen LogP contribution in [0.3, 0.4) is 0 Å². The highest BCUT2D eigenvalue weighted by Gasteiger charge is 2.50. The van der Waals surface area contributed by atoms with Crippen LogP contribution in [0, 0.1) is 23.2 Å². The van der Waals surface area contributed by atoms with Crippen LogP contribution >= 0.6 is 11.3 Å². The van der Waals surface area contributed by atoms with Crippen molar-refractivity contribution in [1.82, 2.24) is 26.2 Å². The minimum Gasteiger partial charge on any atom is -0.346 e. The number of hydrogen-bond acceptors (Lipinski definition) is 7. The zero-order valence-corrected chi connectivity index (χ0v) is 32.6. The number of Topliss-reactive ketones (excluding diaryl/α,β-unsaturated/α-hetero) is 1. The number of carbonyl (C=O) groups excluding carboxylic acids is 6. The Morgan fingerprint density at radius 1 is 0.943 bits per heavy atom. The highest BCUT2D eigenvalue weighted by Crippen LogP contribution is 2.41. The molecule has 3 aliphatic carbocycles. The molecule has 5 rings (SSSR count). The molecule has 53 heavy (non-hydrogen) atoms. The maximum Gasteiger partial charge on any atom is 0.289 e. The summed E-state index contributed by atoms with van der Waals surface area (Å²) in [4.78, 5) is 85.5. The van der Waals surface area contributed by atoms with Gasteiger partial charge in [-0.2, -0.15) is 0 Å². The highest BCUT2D eigenvalue weighted by atomic mass is 32.1. The third-order valence-electron chi connectivity index (χ3n) is 11.7. The van der Waals surface area contributed by atoms with Crippen LogP contribution in [0.5, 0.6) is 0 Å². The summed E-state index contributed by atoms with van der Waals surface area (Å²) >= 11 is 1.32. The topological polar surface area (TPSA) is 154 Å². The number of allylic oxidation sites excluding steroid dienone is 1. The summed E-state index contributed by atoms with van der Waals surface area (Å²) in [7, 11) is 0. The lowest BCUT2D eigenvalue weighted by Gasteiger charge is -2.43. The molecule has 4 N–H and O–H groups in total. The van der Waals surface area contributed by atoms with Crippen LogP contribution < -0.4 is 21.3 Å². The van der Waals surface area contributed by atoms with E-state index in [4.69, 9.17) is 0 Å². The molecule has 4 fully saturated rings. The smallest absolute Gasteiger partial charge is 0.289 e. The van der Waals surface area contributed by atoms with Crippen LogP contribution in [0.15, 0.2) is 41.8 Å². The lowest BCUT2D eigenvalue weighted by molar-refractivity contribution is -0.147. The molecule has 0 bridgehead atoms. The molecule has 11 nitrogen and oxygen atoms in total. The molecule has 0 radical (unpaired) electrons. The van der Waals surface area contributed by atoms with E-state index in [1.165, 1.54) is 17.4 Å². The molecule has 1 aromatic rings. The van der Waals surface area contributed by atoms with Gasteiger partial charge in [-0.1, -0.05) is 82.1 Å². The normalized spacial score (nSPS) is 23.1. The Morgan fingerprint density at radius 3 is 2.26 bits per heavy atom. The van der Waals surface area contributed by atoms with Crippen LogP contribution in [-0.2, 0) is 24.0 Å². The largest absolute Gasteiger partial charge is 0.346 e. The van der Waals surface area contributed by atoms with Crippen molar-refractivity contribution in [2.24, 2.45) is 23.2 Å². The fourth-order valence-electron chi connectivity index (χ4n) is 8.65. The summed E-state index contributed by atoms with van der Waals surface area (Å²) in [5, 5.41) is 13.5. The van der Waals surface area contributed by atoms with E-state index in [2.05, 4.69) is 34.8 Å². The lowest BCUT2D eigenvalue weighted by atomic mass is 9.69. The van der Waals surface area contributed by atoms with Crippen molar-refractivity contribution in [3.8, 4) is 0 Å². The van der Waals surface area contributed by atoms with Gasteiger partial charge in [-0.3, -0.25) is 28.8 Å². The summed E-state index contributed by atoms with van der Waals surface area (Å²) in [6.07, 6.45) is 15.2. The van der Waals surface area contributed by atoms with Gasteiger partial charge < -0.3 is 26.2 Å². The molecule has 2 heterocycles. The quantitative estimate of drug-likeness (QED) is 0.134. The number of likely N-dealkylation sites (tertiary alicyclic amines) is 1. The van der Waals surface area contributed by atoms with E-state index in [9.17, 15) is 24.0 Å². The van der Waals surface area contributed by atoms with Crippen LogP contribution in [-0.4, -0.2) is 77.5 Å². The maximum absolute atomic E-state index is 15.1. The first-order chi connectivity index (χ1) is 25.4. The van der Waals surface area contributed by atoms with Gasteiger partial charge in [-0.25, -0.2) is 0 Å². The second-order valence-corrected chi connectivity index (χ2v) is 17.2. The molecule has 1 unspecified atom stereocenters. The third kappa shape index (κ3) is 10.5. The standard InChI is InChI=1S/C41H59N5O6S/c1-5-21-42-39(51)34(47)30(25-27-16-17-27)43-38(50)33-29(24-26(2)3)18-22-46(33)40(52)35(41(4)19-10-7-11-20-41)45-37(49)32(28-13-8-6-9-14-28)44-36(48)31-15-12-23-53-31/h5,12,15,23-24,27-30,32-33,35H,1,6-11,13-14,16-22,25H2,2-4H3,(H,42,51)(H,43,50)(H,44,48)(H,45,49)/t29-,30?,32+,33+,35-/m1/s1. The van der Waals surface area contributed by atoms with Gasteiger partial charge in [0.25, 0.3) is 11.8 Å². The molecule has 1 aliphatic heterocycles. The molecule has 290 valence electrons. The van der Waals surface area contributed by atoms with Crippen LogP contribution in [0.4, 0.5) is 0 Å². The van der Waals surface area contributed by atoms with Crippen LogP contribution in [0.25, 0.3) is 0 Å². The van der Waals surface area contributed by atoms with Crippen molar-refractivity contribution in [2.45, 2.75) is 135 Å². The zero-order valence-electron chi connectivity index (χ0n) is 31.8. The number of nitrogens with one attached hydrogen (secondary N) is 4. The summed E-state index contributed by atoms with van der Waals surface area (Å²) in [5.74, 6) is -3.08. The van der Waals surface area contributed by atoms with Crippen LogP contribution in [0.1, 0.15) is 120 Å². The second-order valence-electron chi connectivity index (χ2n) is 16.3. The fourth-order valence-corrected chi connectivity index (χ4v) is 9.28. The van der Waals surface area contributed by atoms with Gasteiger partial charge in [-0.15, -0.1) is 17.9 Å². The van der Waals surface area contributed by atoms with E-state index < -0.39 is 47.2 Å². The van der Waals surface area contributed by atoms with Crippen molar-refractivity contribution >= 4 is 46.7 Å². The minimum atomic E-state index is -1.01. The van der Waals surface area contributed by atoms with E-state index in [-0.39, 0.29) is 42.0 Å². The molecule has 5 atom stereocenters. The molecule has 1 saturated heterocycles. The van der Waals surface area contributed by atoms with E-state index in [1.807, 2.05) is 25.3 Å². The number of hydrogen-bond donors (Lipinski definition) is 4. The van der Waals surface area contributed by atoms with Gasteiger partial charge in [0, 0.05) is 19.0 Å². The molecule has 4 aliphatic rings. The number of ketones is 1. The number of rotatable bonds is 16. The Labute approximate surface area is 318 Å². The van der Waals surface area contributed by atoms with Crippen molar-refractivity contribution in [3.05, 3.63) is 46.7 Å². The molecule has 5 amide bonds. The zero-order chi connectivity index (χ0) is 38.1. The number of nitrogens with zero attached hydrogens (tertiary/aromatic N) is 1. The van der Waals surface area contributed by atoms with Gasteiger partial charge >= 0.3 is 0 Å². The molecule has 0 aromatic carbocycles. The van der Waals surface area contributed by atoms with E-state index in [0.717, 1.165) is 82.6 Å². The number of thiophene rings is 1. The van der Waals surface area contributed by atoms with Crippen molar-refractivity contribution < 1.29 is 28.8 Å². The Hall–Kier alpha value is -3.80. The molecule has 0 spiro atoms. The Balaban J connectivity index is 1.43. The predicted molar refractivity (Wildman–Crippen MR) is 206 cm³/mol. The first kappa shape index (κ1) is 40.4. The first-order valence-corrected chi connectivity index (χ1v) is 20.6. The average molecular weight is 750 g/mol. The van der Waals surface area contributed by atoms with E-state index in [0.29, 0.717) is 24.3 Å². The lowest BCUT2D eigenvalue weighted by Crippen LogP contribution is -2.63. The predicted octanol–water partition coefficient (Wildman–Crippen LogP) is 5.22.